The van der Waals surface area contributed by atoms with E-state index in [4.69, 9.17) is 9.84 Å². The molecule has 2 heterocycles. The molecule has 0 radical (unpaired) electrons. The summed E-state index contributed by atoms with van der Waals surface area (Å²) in [6.07, 6.45) is -0.361. The maximum Gasteiger partial charge on any atom is 0.330 e. The molecule has 7 nitrogen and oxygen atoms in total. The largest absolute Gasteiger partial charge is 0.394 e. The minimum atomic E-state index is -1.15. The summed E-state index contributed by atoms with van der Waals surface area (Å²) in [6.45, 7) is 1.37. The van der Waals surface area contributed by atoms with E-state index in [1.54, 1.807) is 11.9 Å². The van der Waals surface area contributed by atoms with Crippen LogP contribution in [0.25, 0.3) is 0 Å². The highest BCUT2D eigenvalue weighted by Gasteiger charge is 2.43. The van der Waals surface area contributed by atoms with E-state index in [9.17, 15) is 18.8 Å². The number of rotatable bonds is 3. The van der Waals surface area contributed by atoms with E-state index in [0.717, 1.165) is 4.57 Å². The summed E-state index contributed by atoms with van der Waals surface area (Å²) in [5, 5.41) is 9.12. The number of aliphatic hydroxyl groups excluding tert-OH is 1. The molecule has 4 atom stereocenters. The summed E-state index contributed by atoms with van der Waals surface area (Å²) < 4.78 is 19.4. The fourth-order valence-electron chi connectivity index (χ4n) is 2.20. The first kappa shape index (κ1) is 13.6. The fourth-order valence-corrected chi connectivity index (χ4v) is 2.20. The predicted octanol–water partition coefficient (Wildman–Crippen LogP) is -0.983. The van der Waals surface area contributed by atoms with Crippen molar-refractivity contribution in [2.24, 2.45) is 11.8 Å². The Morgan fingerprint density at radius 3 is 2.84 bits per heavy atom. The zero-order valence-electron chi connectivity index (χ0n) is 10.1. The van der Waals surface area contributed by atoms with Gasteiger partial charge in [-0.2, -0.15) is 4.39 Å². The van der Waals surface area contributed by atoms with E-state index in [2.05, 4.69) is 0 Å². The molecule has 0 amide bonds. The Bertz CT molecular complexity index is 595. The number of nitrogens with one attached hydrogen (secondary N) is 1. The number of hydrogen-bond donors (Lipinski definition) is 2. The number of H-pyrrole nitrogens is 1. The minimum Gasteiger partial charge on any atom is -0.394 e. The number of aromatic nitrogens is 2. The molecule has 1 aromatic heterocycles. The molecule has 0 aliphatic carbocycles. The highest BCUT2D eigenvalue weighted by molar-refractivity contribution is 5.55. The predicted molar refractivity (Wildman–Crippen MR) is 61.0 cm³/mol. The first-order valence-electron chi connectivity index (χ1n) is 5.72. The number of carbonyl (C=O) groups is 1. The van der Waals surface area contributed by atoms with Gasteiger partial charge in [0.15, 0.2) is 0 Å². The van der Waals surface area contributed by atoms with Crippen molar-refractivity contribution in [3.8, 4) is 0 Å². The van der Waals surface area contributed by atoms with Crippen LogP contribution in [0, 0.1) is 17.7 Å². The molecule has 1 aliphatic rings. The molecule has 0 unspecified atom stereocenters. The molecule has 0 spiro atoms. The summed E-state index contributed by atoms with van der Waals surface area (Å²) in [5.41, 5.74) is -2.00. The van der Waals surface area contributed by atoms with E-state index in [1.807, 2.05) is 0 Å². The molecule has 0 saturated carbocycles. The molecule has 0 bridgehead atoms. The van der Waals surface area contributed by atoms with Crippen LogP contribution in [-0.4, -0.2) is 33.7 Å². The molecule has 2 N–H and O–H groups in total. The lowest BCUT2D eigenvalue weighted by molar-refractivity contribution is -0.115. The second kappa shape index (κ2) is 5.06. The zero-order valence-corrected chi connectivity index (χ0v) is 10.1. The van der Waals surface area contributed by atoms with Crippen LogP contribution in [0.1, 0.15) is 13.2 Å². The second-order valence-corrected chi connectivity index (χ2v) is 4.46. The first-order chi connectivity index (χ1) is 8.99. The molecule has 1 aromatic rings. The first-order valence-corrected chi connectivity index (χ1v) is 5.72. The number of carbonyl (C=O) groups excluding carboxylic acids is 1. The van der Waals surface area contributed by atoms with Crippen molar-refractivity contribution in [1.29, 1.82) is 0 Å². The van der Waals surface area contributed by atoms with Gasteiger partial charge in [-0.25, -0.2) is 4.79 Å². The zero-order chi connectivity index (χ0) is 14.2. The van der Waals surface area contributed by atoms with Gasteiger partial charge in [-0.15, -0.1) is 0 Å². The van der Waals surface area contributed by atoms with E-state index >= 15 is 0 Å². The van der Waals surface area contributed by atoms with Crippen LogP contribution in [0.3, 0.4) is 0 Å². The van der Waals surface area contributed by atoms with Gasteiger partial charge in [-0.3, -0.25) is 14.3 Å². The van der Waals surface area contributed by atoms with Crippen molar-refractivity contribution in [1.82, 2.24) is 9.55 Å². The Kier molecular flexibility index (Phi) is 3.63. The SMILES string of the molecule is C[C@@H]1[C@@H](C=O)[C@H](n2cc(F)c(=O)[nH]c2=O)O[C@@H]1CO. The second-order valence-electron chi connectivity index (χ2n) is 4.46. The average molecular weight is 272 g/mol. The number of aliphatic hydroxyl groups is 1. The van der Waals surface area contributed by atoms with Crippen LogP contribution in [0.2, 0.25) is 0 Å². The third-order valence-corrected chi connectivity index (χ3v) is 3.37. The summed E-state index contributed by atoms with van der Waals surface area (Å²) in [7, 11) is 0. The van der Waals surface area contributed by atoms with E-state index in [0.29, 0.717) is 12.5 Å². The fraction of sp³-hybridized carbons (Fsp3) is 0.545. The topological polar surface area (TPSA) is 101 Å². The van der Waals surface area contributed by atoms with Gasteiger partial charge in [0.1, 0.15) is 12.5 Å². The van der Waals surface area contributed by atoms with Crippen LogP contribution in [0.15, 0.2) is 15.8 Å². The van der Waals surface area contributed by atoms with Crippen molar-refractivity contribution >= 4 is 6.29 Å². The summed E-state index contributed by atoms with van der Waals surface area (Å²) in [4.78, 5) is 35.5. The molecule has 8 heteroatoms. The van der Waals surface area contributed by atoms with Gasteiger partial charge < -0.3 is 14.6 Å². The maximum absolute atomic E-state index is 13.2. The maximum atomic E-state index is 13.2. The number of nitrogens with zero attached hydrogens (tertiary/aromatic N) is 1. The lowest BCUT2D eigenvalue weighted by Crippen LogP contribution is -2.36. The van der Waals surface area contributed by atoms with Crippen molar-refractivity contribution in [2.45, 2.75) is 19.3 Å². The van der Waals surface area contributed by atoms with Crippen molar-refractivity contribution in [3.63, 3.8) is 0 Å². The number of ether oxygens (including phenoxy) is 1. The summed E-state index contributed by atoms with van der Waals surface area (Å²) >= 11 is 0. The number of halogens is 1. The van der Waals surface area contributed by atoms with Gasteiger partial charge in [0.2, 0.25) is 5.82 Å². The van der Waals surface area contributed by atoms with Gasteiger partial charge >= 0.3 is 5.69 Å². The Hall–Kier alpha value is -1.80. The van der Waals surface area contributed by atoms with Crippen LogP contribution in [-0.2, 0) is 9.53 Å². The third-order valence-electron chi connectivity index (χ3n) is 3.37. The van der Waals surface area contributed by atoms with Crippen LogP contribution >= 0.6 is 0 Å². The molecule has 1 fully saturated rings. The van der Waals surface area contributed by atoms with Crippen LogP contribution in [0.4, 0.5) is 4.39 Å². The van der Waals surface area contributed by atoms with Gasteiger partial charge in [0, 0.05) is 0 Å². The molecule has 1 saturated heterocycles. The van der Waals surface area contributed by atoms with Crippen LogP contribution in [0.5, 0.6) is 0 Å². The molecule has 19 heavy (non-hydrogen) atoms. The summed E-state index contributed by atoms with van der Waals surface area (Å²) in [5.74, 6) is -2.18. The number of aromatic amines is 1. The van der Waals surface area contributed by atoms with Gasteiger partial charge in [-0.05, 0) is 5.92 Å². The molecule has 104 valence electrons. The van der Waals surface area contributed by atoms with Crippen LogP contribution < -0.4 is 11.2 Å². The minimum absolute atomic E-state index is 0.317. The monoisotopic (exact) mass is 272 g/mol. The highest BCUT2D eigenvalue weighted by Crippen LogP contribution is 2.36. The lowest BCUT2D eigenvalue weighted by atomic mass is 9.92. The smallest absolute Gasteiger partial charge is 0.330 e. The van der Waals surface area contributed by atoms with E-state index in [-0.39, 0.29) is 12.5 Å². The third kappa shape index (κ3) is 2.24. The normalized spacial score (nSPS) is 30.5. The van der Waals surface area contributed by atoms with Crippen molar-refractivity contribution in [2.75, 3.05) is 6.61 Å². The Labute approximate surface area is 106 Å². The number of aldehydes is 1. The molecular weight excluding hydrogens is 259 g/mol. The Morgan fingerprint density at radius 2 is 2.26 bits per heavy atom. The standard InChI is InChI=1S/C11H13FN2O5/c1-5-6(3-15)10(19-8(5)4-16)14-2-7(12)9(17)13-11(14)18/h2-3,5-6,8,10,16H,4H2,1H3,(H,13,17,18)/t5-,6-,8-,10-/m1/s1. The molecular formula is C11H13FN2O5. The van der Waals surface area contributed by atoms with Gasteiger partial charge in [-0.1, -0.05) is 6.92 Å². The van der Waals surface area contributed by atoms with E-state index in [1.165, 1.54) is 0 Å². The van der Waals surface area contributed by atoms with Crippen molar-refractivity contribution in [3.05, 3.63) is 32.9 Å². The number of hydrogen-bond acceptors (Lipinski definition) is 5. The lowest BCUT2D eigenvalue weighted by Gasteiger charge is -2.17. The molecule has 1 aliphatic heterocycles. The van der Waals surface area contributed by atoms with Gasteiger partial charge in [0.05, 0.1) is 24.8 Å². The van der Waals surface area contributed by atoms with Gasteiger partial charge in [0.25, 0.3) is 5.56 Å². The van der Waals surface area contributed by atoms with Crippen molar-refractivity contribution < 1.29 is 19.0 Å². The quantitative estimate of drug-likeness (QED) is 0.688. The summed E-state index contributed by atoms with van der Waals surface area (Å²) in [6, 6.07) is 0. The Balaban J connectivity index is 2.47. The van der Waals surface area contributed by atoms with E-state index < -0.39 is 35.3 Å². The average Bonchev–Trinajstić information content (AvgIpc) is 2.70. The Morgan fingerprint density at radius 1 is 1.58 bits per heavy atom. The highest BCUT2D eigenvalue weighted by atomic mass is 19.1. The molecule has 0 aromatic carbocycles. The molecule has 2 rings (SSSR count).